The fourth-order valence-electron chi connectivity index (χ4n) is 4.05. The van der Waals surface area contributed by atoms with Gasteiger partial charge in [0.2, 0.25) is 0 Å². The molecule has 4 aromatic rings. The van der Waals surface area contributed by atoms with E-state index in [1.165, 1.54) is 4.68 Å². The third-order valence-corrected chi connectivity index (χ3v) is 6.11. The highest BCUT2D eigenvalue weighted by Gasteiger charge is 2.22. The molecule has 0 radical (unpaired) electrons. The minimum atomic E-state index is -0.161. The first-order valence-corrected chi connectivity index (χ1v) is 10.7. The molecular formula is C24H22ClN5O. The smallest absolute Gasteiger partial charge is 0.279 e. The van der Waals surface area contributed by atoms with Crippen LogP contribution in [0.5, 0.6) is 0 Å². The summed E-state index contributed by atoms with van der Waals surface area (Å²) in [5.74, 6) is 0.919. The Bertz CT molecular complexity index is 1280. The van der Waals surface area contributed by atoms with Crippen molar-refractivity contribution in [2.24, 2.45) is 0 Å². The molecule has 1 aliphatic heterocycles. The minimum Gasteiger partial charge on any atom is -0.355 e. The van der Waals surface area contributed by atoms with Gasteiger partial charge in [-0.25, -0.2) is 4.98 Å². The van der Waals surface area contributed by atoms with Crippen LogP contribution in [0.2, 0.25) is 5.02 Å². The molecule has 1 saturated heterocycles. The number of rotatable bonds is 4. The van der Waals surface area contributed by atoms with E-state index in [1.54, 1.807) is 12.4 Å². The van der Waals surface area contributed by atoms with Gasteiger partial charge >= 0.3 is 0 Å². The summed E-state index contributed by atoms with van der Waals surface area (Å²) in [7, 11) is 1.99. The molecule has 0 aliphatic carbocycles. The van der Waals surface area contributed by atoms with Crippen LogP contribution in [0.1, 0.15) is 6.42 Å². The van der Waals surface area contributed by atoms with Crippen LogP contribution in [-0.2, 0) is 0 Å². The van der Waals surface area contributed by atoms with Crippen LogP contribution in [-0.4, -0.2) is 40.9 Å². The molecule has 5 rings (SSSR count). The first-order valence-electron chi connectivity index (χ1n) is 10.3. The van der Waals surface area contributed by atoms with Gasteiger partial charge in [0.15, 0.2) is 0 Å². The fourth-order valence-corrected chi connectivity index (χ4v) is 4.18. The van der Waals surface area contributed by atoms with Gasteiger partial charge in [0.05, 0.1) is 23.5 Å². The van der Waals surface area contributed by atoms with E-state index < -0.39 is 0 Å². The number of nitrogens with one attached hydrogen (secondary N) is 1. The highest BCUT2D eigenvalue weighted by atomic mass is 35.5. The van der Waals surface area contributed by atoms with Crippen LogP contribution in [0, 0.1) is 0 Å². The van der Waals surface area contributed by atoms with Crippen LogP contribution in [0.3, 0.4) is 0 Å². The Morgan fingerprint density at radius 1 is 1.03 bits per heavy atom. The largest absolute Gasteiger partial charge is 0.355 e. The van der Waals surface area contributed by atoms with Crippen molar-refractivity contribution in [2.75, 3.05) is 25.0 Å². The van der Waals surface area contributed by atoms with E-state index in [-0.39, 0.29) is 5.56 Å². The fraction of sp³-hybridized carbons (Fsp3) is 0.208. The summed E-state index contributed by atoms with van der Waals surface area (Å²) >= 11 is 5.99. The van der Waals surface area contributed by atoms with Crippen molar-refractivity contribution in [2.45, 2.75) is 12.5 Å². The SMILES string of the molecule is CN[C@@H]1CCN(c2ccc(-n3ncc4cc(-c5ccc(Cl)cc5)ccc4c3=O)cn2)C1. The van der Waals surface area contributed by atoms with E-state index in [1.807, 2.05) is 61.6 Å². The van der Waals surface area contributed by atoms with Crippen LogP contribution in [0.4, 0.5) is 5.82 Å². The predicted molar refractivity (Wildman–Crippen MR) is 125 cm³/mol. The number of anilines is 1. The second-order valence-electron chi connectivity index (χ2n) is 7.77. The average Bonchev–Trinajstić information content (AvgIpc) is 3.29. The number of fused-ring (bicyclic) bond motifs is 1. The molecule has 2 aromatic heterocycles. The van der Waals surface area contributed by atoms with E-state index in [9.17, 15) is 4.79 Å². The molecule has 0 amide bonds. The van der Waals surface area contributed by atoms with Gasteiger partial charge in [-0.2, -0.15) is 9.78 Å². The molecule has 1 aliphatic rings. The Morgan fingerprint density at radius 3 is 2.55 bits per heavy atom. The Balaban J connectivity index is 1.45. The molecule has 156 valence electrons. The lowest BCUT2D eigenvalue weighted by atomic mass is 10.0. The second kappa shape index (κ2) is 8.13. The van der Waals surface area contributed by atoms with Gasteiger partial charge in [0.25, 0.3) is 5.56 Å². The lowest BCUT2D eigenvalue weighted by Crippen LogP contribution is -2.29. The molecule has 0 unspecified atom stereocenters. The van der Waals surface area contributed by atoms with Crippen LogP contribution >= 0.6 is 11.6 Å². The molecule has 1 fully saturated rings. The molecule has 2 aromatic carbocycles. The zero-order valence-electron chi connectivity index (χ0n) is 17.1. The molecule has 0 bridgehead atoms. The third kappa shape index (κ3) is 3.80. The molecule has 1 N–H and O–H groups in total. The summed E-state index contributed by atoms with van der Waals surface area (Å²) in [6.07, 6.45) is 4.54. The van der Waals surface area contributed by atoms with Crippen molar-refractivity contribution in [1.29, 1.82) is 0 Å². The molecular weight excluding hydrogens is 410 g/mol. The van der Waals surface area contributed by atoms with E-state index >= 15 is 0 Å². The van der Waals surface area contributed by atoms with E-state index in [0.717, 1.165) is 41.8 Å². The van der Waals surface area contributed by atoms with Crippen LogP contribution in [0.15, 0.2) is 71.8 Å². The van der Waals surface area contributed by atoms with Crippen molar-refractivity contribution < 1.29 is 0 Å². The maximum absolute atomic E-state index is 13.1. The quantitative estimate of drug-likeness (QED) is 0.531. The first-order chi connectivity index (χ1) is 15.1. The van der Waals surface area contributed by atoms with Crippen molar-refractivity contribution in [3.8, 4) is 16.8 Å². The molecule has 0 spiro atoms. The molecule has 0 saturated carbocycles. The van der Waals surface area contributed by atoms with Crippen LogP contribution in [0.25, 0.3) is 27.6 Å². The standard InChI is InChI=1S/C24H22ClN5O/c1-26-20-10-11-29(15-20)23-9-7-21(14-27-23)30-24(31)22-8-4-17(12-18(22)13-28-30)16-2-5-19(25)6-3-16/h2-9,12-14,20,26H,10-11,15H2,1H3/t20-/m1/s1. The third-order valence-electron chi connectivity index (χ3n) is 5.86. The van der Waals surface area contributed by atoms with E-state index in [2.05, 4.69) is 20.3 Å². The van der Waals surface area contributed by atoms with Crippen molar-refractivity contribution in [3.63, 3.8) is 0 Å². The summed E-state index contributed by atoms with van der Waals surface area (Å²) in [5, 5.41) is 9.82. The number of benzene rings is 2. The lowest BCUT2D eigenvalue weighted by molar-refractivity contribution is 0.616. The number of aromatic nitrogens is 3. The molecule has 6 nitrogen and oxygen atoms in total. The van der Waals surface area contributed by atoms with Gasteiger partial charge in [0, 0.05) is 29.5 Å². The number of halogens is 1. The second-order valence-corrected chi connectivity index (χ2v) is 8.20. The number of hydrogen-bond donors (Lipinski definition) is 1. The molecule has 7 heteroatoms. The Labute approximate surface area is 185 Å². The predicted octanol–water partition coefficient (Wildman–Crippen LogP) is 3.90. The molecule has 3 heterocycles. The zero-order valence-corrected chi connectivity index (χ0v) is 17.9. The van der Waals surface area contributed by atoms with Crippen molar-refractivity contribution in [3.05, 3.63) is 82.4 Å². The van der Waals surface area contributed by atoms with Gasteiger partial charge in [-0.1, -0.05) is 29.8 Å². The first kappa shape index (κ1) is 19.7. The number of nitrogens with zero attached hydrogens (tertiary/aromatic N) is 4. The average molecular weight is 432 g/mol. The minimum absolute atomic E-state index is 0.161. The Morgan fingerprint density at radius 2 is 1.84 bits per heavy atom. The number of likely N-dealkylation sites (N-methyl/N-ethyl adjacent to an activating group) is 1. The monoisotopic (exact) mass is 431 g/mol. The van der Waals surface area contributed by atoms with Gasteiger partial charge in [-0.3, -0.25) is 4.79 Å². The summed E-state index contributed by atoms with van der Waals surface area (Å²) in [4.78, 5) is 19.9. The van der Waals surface area contributed by atoms with E-state index in [4.69, 9.17) is 11.6 Å². The molecule has 1 atom stereocenters. The highest BCUT2D eigenvalue weighted by molar-refractivity contribution is 6.30. The maximum Gasteiger partial charge on any atom is 0.279 e. The normalized spacial score (nSPS) is 16.2. The number of pyridine rings is 1. The van der Waals surface area contributed by atoms with Gasteiger partial charge in [0.1, 0.15) is 5.82 Å². The lowest BCUT2D eigenvalue weighted by Gasteiger charge is -2.17. The van der Waals surface area contributed by atoms with Crippen molar-refractivity contribution in [1.82, 2.24) is 20.1 Å². The summed E-state index contributed by atoms with van der Waals surface area (Å²) in [6, 6.07) is 17.8. The summed E-state index contributed by atoms with van der Waals surface area (Å²) in [5.41, 5.74) is 2.55. The topological polar surface area (TPSA) is 63.1 Å². The highest BCUT2D eigenvalue weighted by Crippen LogP contribution is 2.25. The van der Waals surface area contributed by atoms with Crippen molar-refractivity contribution >= 4 is 28.2 Å². The van der Waals surface area contributed by atoms with Gasteiger partial charge in [-0.15, -0.1) is 0 Å². The zero-order chi connectivity index (χ0) is 21.4. The Kier molecular flexibility index (Phi) is 5.18. The summed E-state index contributed by atoms with van der Waals surface area (Å²) in [6.45, 7) is 1.91. The van der Waals surface area contributed by atoms with Gasteiger partial charge in [-0.05, 0) is 61.0 Å². The van der Waals surface area contributed by atoms with Gasteiger partial charge < -0.3 is 10.2 Å². The van der Waals surface area contributed by atoms with Crippen LogP contribution < -0.4 is 15.8 Å². The summed E-state index contributed by atoms with van der Waals surface area (Å²) < 4.78 is 1.40. The maximum atomic E-state index is 13.1. The number of hydrogen-bond acceptors (Lipinski definition) is 5. The Hall–Kier alpha value is -3.22. The molecule has 31 heavy (non-hydrogen) atoms. The van der Waals surface area contributed by atoms with E-state index in [0.29, 0.717) is 22.1 Å².